The van der Waals surface area contributed by atoms with Gasteiger partial charge in [0.25, 0.3) is 0 Å². The topological polar surface area (TPSA) is 74.5 Å². The number of carbonyl (C=O) groups is 1. The molecular formula is C14H17N3O2S. The van der Waals surface area contributed by atoms with Gasteiger partial charge in [0, 0.05) is 0 Å². The zero-order valence-corrected chi connectivity index (χ0v) is 12.7. The molecule has 0 bridgehead atoms. The number of nitrogens with zero attached hydrogens (tertiary/aromatic N) is 2. The molecule has 1 aromatic rings. The predicted molar refractivity (Wildman–Crippen MR) is 81.0 cm³/mol. The third-order valence-electron chi connectivity index (χ3n) is 2.09. The fraction of sp³-hybridized carbons (Fsp3) is 0.357. The molecule has 0 heterocycles. The molecule has 0 saturated carbocycles. The molecule has 0 atom stereocenters. The summed E-state index contributed by atoms with van der Waals surface area (Å²) in [7, 11) is 0. The molecule has 1 rings (SSSR count). The van der Waals surface area contributed by atoms with Crippen LogP contribution in [0.1, 0.15) is 31.1 Å². The van der Waals surface area contributed by atoms with E-state index < -0.39 is 5.60 Å². The Morgan fingerprint density at radius 2 is 1.95 bits per heavy atom. The fourth-order valence-corrected chi connectivity index (χ4v) is 1.64. The molecule has 20 heavy (non-hydrogen) atoms. The number of carbonyl (C=O) groups excluding carboxylic acids is 1. The van der Waals surface area contributed by atoms with E-state index in [-0.39, 0.29) is 5.97 Å². The molecule has 6 heteroatoms. The third-order valence-corrected chi connectivity index (χ3v) is 2.67. The van der Waals surface area contributed by atoms with Gasteiger partial charge in [0.2, 0.25) is 0 Å². The smallest absolute Gasteiger partial charge is 0.338 e. The van der Waals surface area contributed by atoms with E-state index in [1.165, 1.54) is 11.8 Å². The minimum absolute atomic E-state index is 0.367. The van der Waals surface area contributed by atoms with Crippen LogP contribution >= 0.6 is 11.8 Å². The number of rotatable bonds is 2. The maximum atomic E-state index is 11.8. The van der Waals surface area contributed by atoms with Crippen LogP contribution in [-0.4, -0.2) is 23.0 Å². The van der Waals surface area contributed by atoms with Crippen LogP contribution in [-0.2, 0) is 4.74 Å². The third kappa shape index (κ3) is 5.33. The summed E-state index contributed by atoms with van der Waals surface area (Å²) in [4.78, 5) is 16.1. The number of amidine groups is 1. The Morgan fingerprint density at radius 1 is 1.35 bits per heavy atom. The van der Waals surface area contributed by atoms with Crippen molar-refractivity contribution in [1.82, 2.24) is 5.32 Å². The van der Waals surface area contributed by atoms with E-state index in [4.69, 9.17) is 10.00 Å². The largest absolute Gasteiger partial charge is 0.456 e. The van der Waals surface area contributed by atoms with Crippen LogP contribution in [0, 0.1) is 11.5 Å². The van der Waals surface area contributed by atoms with Gasteiger partial charge in [-0.05, 0) is 51.3 Å². The normalized spacial score (nSPS) is 11.7. The van der Waals surface area contributed by atoms with Crippen molar-refractivity contribution < 1.29 is 9.53 Å². The number of esters is 1. The van der Waals surface area contributed by atoms with Crippen LogP contribution in [0.5, 0.6) is 0 Å². The maximum absolute atomic E-state index is 11.8. The molecule has 0 aliphatic carbocycles. The summed E-state index contributed by atoms with van der Waals surface area (Å²) < 4.78 is 5.27. The first-order valence-electron chi connectivity index (χ1n) is 5.97. The van der Waals surface area contributed by atoms with Crippen LogP contribution in [0.15, 0.2) is 29.3 Å². The lowest BCUT2D eigenvalue weighted by Crippen LogP contribution is -2.23. The molecule has 0 radical (unpaired) electrons. The maximum Gasteiger partial charge on any atom is 0.338 e. The van der Waals surface area contributed by atoms with Gasteiger partial charge < -0.3 is 4.74 Å². The monoisotopic (exact) mass is 291 g/mol. The molecule has 0 amide bonds. The Kier molecular flexibility index (Phi) is 5.59. The van der Waals surface area contributed by atoms with Crippen LogP contribution in [0.3, 0.4) is 0 Å². The summed E-state index contributed by atoms with van der Waals surface area (Å²) in [5.41, 5.74) is 0.610. The van der Waals surface area contributed by atoms with Gasteiger partial charge in [0.1, 0.15) is 5.60 Å². The van der Waals surface area contributed by atoms with Crippen molar-refractivity contribution in [3.05, 3.63) is 29.8 Å². The minimum atomic E-state index is -0.517. The Labute approximate surface area is 123 Å². The van der Waals surface area contributed by atoms with Crippen molar-refractivity contribution in [2.75, 3.05) is 6.26 Å². The van der Waals surface area contributed by atoms with Crippen LogP contribution in [0.4, 0.5) is 5.69 Å². The van der Waals surface area contributed by atoms with E-state index in [2.05, 4.69) is 10.3 Å². The van der Waals surface area contributed by atoms with E-state index >= 15 is 0 Å². The van der Waals surface area contributed by atoms with E-state index in [0.717, 1.165) is 0 Å². The summed E-state index contributed by atoms with van der Waals surface area (Å²) in [5, 5.41) is 11.5. The first-order valence-corrected chi connectivity index (χ1v) is 7.19. The van der Waals surface area contributed by atoms with Gasteiger partial charge >= 0.3 is 5.97 Å². The van der Waals surface area contributed by atoms with Gasteiger partial charge in [-0.15, -0.1) is 0 Å². The molecule has 0 saturated heterocycles. The van der Waals surface area contributed by atoms with Gasteiger partial charge in [-0.1, -0.05) is 11.8 Å². The van der Waals surface area contributed by atoms with Crippen LogP contribution < -0.4 is 5.32 Å². The number of thioether (sulfide) groups is 1. The van der Waals surface area contributed by atoms with Gasteiger partial charge in [0.15, 0.2) is 11.4 Å². The highest BCUT2D eigenvalue weighted by Crippen LogP contribution is 2.17. The molecule has 1 N–H and O–H groups in total. The second-order valence-corrected chi connectivity index (χ2v) is 5.70. The number of nitriles is 1. The predicted octanol–water partition coefficient (Wildman–Crippen LogP) is 3.06. The van der Waals surface area contributed by atoms with Gasteiger partial charge in [-0.3, -0.25) is 5.32 Å². The standard InChI is InChI=1S/C14H17N3O2S/c1-14(2,3)19-12(18)10-5-7-11(8-6-10)17-13(20-4)16-9-15/h5-8H,1-4H3,(H,16,17). The Hall–Kier alpha value is -2.00. The average Bonchev–Trinajstić information content (AvgIpc) is 2.37. The molecule has 1 aromatic carbocycles. The molecule has 0 fully saturated rings. The average molecular weight is 291 g/mol. The Bertz CT molecular complexity index is 539. The Balaban J connectivity index is 2.84. The number of hydrogen-bond acceptors (Lipinski definition) is 5. The summed E-state index contributed by atoms with van der Waals surface area (Å²) in [6.07, 6.45) is 3.64. The first-order chi connectivity index (χ1) is 9.35. The lowest BCUT2D eigenvalue weighted by atomic mass is 10.1. The lowest BCUT2D eigenvalue weighted by molar-refractivity contribution is 0.00696. The minimum Gasteiger partial charge on any atom is -0.456 e. The van der Waals surface area contributed by atoms with Gasteiger partial charge in [-0.2, -0.15) is 5.26 Å². The van der Waals surface area contributed by atoms with Crippen molar-refractivity contribution >= 4 is 28.6 Å². The Morgan fingerprint density at radius 3 is 2.40 bits per heavy atom. The van der Waals surface area contributed by atoms with Crippen LogP contribution in [0.25, 0.3) is 0 Å². The molecule has 0 aliphatic rings. The summed E-state index contributed by atoms with van der Waals surface area (Å²) in [6.45, 7) is 5.46. The zero-order chi connectivity index (χ0) is 15.2. The highest BCUT2D eigenvalue weighted by molar-refractivity contribution is 8.13. The number of benzene rings is 1. The first kappa shape index (κ1) is 16.1. The zero-order valence-electron chi connectivity index (χ0n) is 11.9. The SMILES string of the molecule is CSC(=Nc1ccc(C(=O)OC(C)(C)C)cc1)NC#N. The summed E-state index contributed by atoms with van der Waals surface area (Å²) >= 11 is 1.33. The lowest BCUT2D eigenvalue weighted by Gasteiger charge is -2.19. The van der Waals surface area contributed by atoms with E-state index in [0.29, 0.717) is 16.4 Å². The molecule has 0 spiro atoms. The van der Waals surface area contributed by atoms with Crippen molar-refractivity contribution in [2.45, 2.75) is 26.4 Å². The summed E-state index contributed by atoms with van der Waals surface area (Å²) in [5.74, 6) is -0.367. The van der Waals surface area contributed by atoms with Crippen molar-refractivity contribution in [3.63, 3.8) is 0 Å². The van der Waals surface area contributed by atoms with E-state index in [1.54, 1.807) is 24.3 Å². The molecule has 0 aromatic heterocycles. The number of aliphatic imine (C=N–C) groups is 1. The molecule has 0 aliphatic heterocycles. The highest BCUT2D eigenvalue weighted by Gasteiger charge is 2.17. The second-order valence-electron chi connectivity index (χ2n) is 4.91. The number of ether oxygens (including phenoxy) is 1. The van der Waals surface area contributed by atoms with Crippen molar-refractivity contribution in [3.8, 4) is 6.19 Å². The van der Waals surface area contributed by atoms with Gasteiger partial charge in [-0.25, -0.2) is 9.79 Å². The summed E-state index contributed by atoms with van der Waals surface area (Å²) in [6, 6.07) is 6.71. The fourth-order valence-electron chi connectivity index (χ4n) is 1.30. The molecule has 0 unspecified atom stereocenters. The van der Waals surface area contributed by atoms with Crippen LogP contribution in [0.2, 0.25) is 0 Å². The van der Waals surface area contributed by atoms with Gasteiger partial charge in [0.05, 0.1) is 11.3 Å². The second kappa shape index (κ2) is 6.96. The molecular weight excluding hydrogens is 274 g/mol. The van der Waals surface area contributed by atoms with E-state index in [1.807, 2.05) is 33.2 Å². The number of nitrogens with one attached hydrogen (secondary N) is 1. The van der Waals surface area contributed by atoms with E-state index in [9.17, 15) is 4.79 Å². The quantitative estimate of drug-likeness (QED) is 0.298. The van der Waals surface area contributed by atoms with Crippen molar-refractivity contribution in [1.29, 1.82) is 5.26 Å². The molecule has 106 valence electrons. The molecule has 5 nitrogen and oxygen atoms in total. The highest BCUT2D eigenvalue weighted by atomic mass is 32.2. The number of hydrogen-bond donors (Lipinski definition) is 1. The van der Waals surface area contributed by atoms with Crippen molar-refractivity contribution in [2.24, 2.45) is 4.99 Å².